The second-order valence-corrected chi connectivity index (χ2v) is 5.57. The quantitative estimate of drug-likeness (QED) is 0.717. The van der Waals surface area contributed by atoms with E-state index in [4.69, 9.17) is 20.6 Å². The summed E-state index contributed by atoms with van der Waals surface area (Å²) in [7, 11) is -9.56. The molecule has 8 nitrogen and oxygen atoms in total. The zero-order chi connectivity index (χ0) is 12.7. The smallest absolute Gasteiger partial charge is 0.296 e. The molecule has 10 heteroatoms. The van der Waals surface area contributed by atoms with Gasteiger partial charge in [-0.1, -0.05) is 0 Å². The molecule has 0 bridgehead atoms. The van der Waals surface area contributed by atoms with Crippen molar-refractivity contribution in [2.24, 2.45) is 0 Å². The van der Waals surface area contributed by atoms with Crippen LogP contribution in [0.15, 0.2) is 21.9 Å². The summed E-state index contributed by atoms with van der Waals surface area (Å²) in [5, 5.41) is 0. The Bertz CT molecular complexity index is 580. The first-order valence-corrected chi connectivity index (χ1v) is 6.47. The Morgan fingerprint density at radius 3 is 1.38 bits per heavy atom. The maximum absolute atomic E-state index is 10.7. The van der Waals surface area contributed by atoms with Gasteiger partial charge in [-0.25, -0.2) is 0 Å². The van der Waals surface area contributed by atoms with Gasteiger partial charge < -0.3 is 0 Å². The van der Waals surface area contributed by atoms with Gasteiger partial charge >= 0.3 is 0 Å². The lowest BCUT2D eigenvalue weighted by atomic mass is 10.3. The van der Waals surface area contributed by atoms with Crippen LogP contribution >= 0.6 is 0 Å². The third-order valence-electron chi connectivity index (χ3n) is 1.64. The number of hydrogen-bond donors (Lipinski definition) is 2. The average Bonchev–Trinajstić information content (AvgIpc) is 1.97. The van der Waals surface area contributed by atoms with E-state index in [2.05, 4.69) is 0 Å². The zero-order valence-corrected chi connectivity index (χ0v) is 9.13. The molecule has 4 N–H and O–H groups in total. The predicted molar refractivity (Wildman–Crippen MR) is 51.6 cm³/mol. The van der Waals surface area contributed by atoms with Crippen LogP contribution in [0.2, 0.25) is 0 Å². The minimum Gasteiger partial charge on any atom is -0.299 e. The lowest BCUT2D eigenvalue weighted by Crippen LogP contribution is -2.05. The van der Waals surface area contributed by atoms with Crippen molar-refractivity contribution in [2.75, 3.05) is 0 Å². The van der Waals surface area contributed by atoms with Crippen LogP contribution in [-0.4, -0.2) is 25.9 Å². The normalized spacial score (nSPS) is 12.6. The number of nitrogens with one attached hydrogen (secondary N) is 2. The van der Waals surface area contributed by atoms with E-state index in [1.807, 2.05) is 0 Å². The summed E-state index contributed by atoms with van der Waals surface area (Å²) in [6.45, 7) is 0. The van der Waals surface area contributed by atoms with E-state index in [-0.39, 0.29) is 0 Å². The fourth-order valence-electron chi connectivity index (χ4n) is 0.988. The van der Waals surface area contributed by atoms with Gasteiger partial charge in [0.15, 0.2) is 0 Å². The minimum atomic E-state index is -4.78. The molecule has 0 saturated carbocycles. The first kappa shape index (κ1) is 12.7. The molecule has 0 saturated heterocycles. The molecule has 0 aliphatic carbocycles. The zero-order valence-electron chi connectivity index (χ0n) is 7.50. The van der Waals surface area contributed by atoms with Crippen LogP contribution in [-0.2, 0) is 20.2 Å². The monoisotopic (exact) mass is 266 g/mol. The molecule has 0 aliphatic rings. The Hall–Kier alpha value is -1.36. The molecular weight excluding hydrogens is 260 g/mol. The van der Waals surface area contributed by atoms with Crippen molar-refractivity contribution in [1.29, 1.82) is 0 Å². The molecule has 16 heavy (non-hydrogen) atoms. The van der Waals surface area contributed by atoms with E-state index in [0.29, 0.717) is 12.1 Å². The molecular formula is C6H6N2O6S2. The van der Waals surface area contributed by atoms with Gasteiger partial charge in [0, 0.05) is 0 Å². The van der Waals surface area contributed by atoms with Crippen LogP contribution in [0.1, 0.15) is 0 Å². The summed E-state index contributed by atoms with van der Waals surface area (Å²) >= 11 is 0. The standard InChI is InChI=1S/C6H6N2O6S2/c7-3-1-4(8)6(16(12,13)14)2-5(3)15(9,10)11/h1-2,7-8H,(H,9,10,11)(H,12,13,14). The Morgan fingerprint density at radius 1 is 0.812 bits per heavy atom. The van der Waals surface area contributed by atoms with Gasteiger partial charge in [-0.05, 0) is 12.1 Å². The van der Waals surface area contributed by atoms with Crippen molar-refractivity contribution < 1.29 is 25.9 Å². The van der Waals surface area contributed by atoms with Crippen molar-refractivity contribution >= 4 is 31.6 Å². The topological polar surface area (TPSA) is 156 Å². The van der Waals surface area contributed by atoms with Crippen molar-refractivity contribution in [2.45, 2.75) is 9.79 Å². The highest BCUT2D eigenvalue weighted by Gasteiger charge is 2.22. The van der Waals surface area contributed by atoms with E-state index < -0.39 is 41.4 Å². The summed E-state index contributed by atoms with van der Waals surface area (Å²) in [6, 6.07) is 0.946. The summed E-state index contributed by atoms with van der Waals surface area (Å²) in [5.74, 6) is 0. The number of rotatable bonds is 2. The molecule has 88 valence electrons. The van der Waals surface area contributed by atoms with Gasteiger partial charge in [-0.3, -0.25) is 20.6 Å². The molecule has 0 heterocycles. The second-order valence-electron chi connectivity index (χ2n) is 2.79. The second kappa shape index (κ2) is 3.59. The van der Waals surface area contributed by atoms with Crippen molar-refractivity contribution in [3.63, 3.8) is 0 Å². The molecule has 0 spiro atoms. The first-order chi connectivity index (χ1) is 7.03. The third-order valence-corrected chi connectivity index (χ3v) is 3.42. The highest BCUT2D eigenvalue weighted by atomic mass is 32.2. The van der Waals surface area contributed by atoms with Gasteiger partial charge in [0.05, 0.1) is 11.4 Å². The fraction of sp³-hybridized carbons (Fsp3) is 0. The van der Waals surface area contributed by atoms with E-state index in [0.717, 1.165) is 0 Å². The number of hydrogen-bond acceptors (Lipinski definition) is 4. The minimum absolute atomic E-state index is 0.356. The third kappa shape index (κ3) is 2.41. The van der Waals surface area contributed by atoms with Crippen molar-refractivity contribution in [3.05, 3.63) is 12.1 Å². The molecule has 0 amide bonds. The van der Waals surface area contributed by atoms with Gasteiger partial charge in [0.2, 0.25) is 0 Å². The van der Waals surface area contributed by atoms with Crippen LogP contribution in [0.25, 0.3) is 0 Å². The Labute approximate surface area is 91.4 Å². The lowest BCUT2D eigenvalue weighted by molar-refractivity contribution is 0.481. The van der Waals surface area contributed by atoms with E-state index in [1.54, 1.807) is 0 Å². The van der Waals surface area contributed by atoms with E-state index in [1.165, 1.54) is 0 Å². The fourth-order valence-corrected chi connectivity index (χ4v) is 2.27. The summed E-state index contributed by atoms with van der Waals surface area (Å²) in [6.07, 6.45) is 0. The number of benzene rings is 1. The van der Waals surface area contributed by atoms with Crippen molar-refractivity contribution in [1.82, 2.24) is 11.5 Å². The molecule has 1 aromatic carbocycles. The van der Waals surface area contributed by atoms with Gasteiger partial charge in [-0.15, -0.1) is 0 Å². The first-order valence-electron chi connectivity index (χ1n) is 3.59. The SMILES string of the molecule is [NH]c1cc([NH])c(S(=O)(=O)O)cc1S(=O)(=O)O. The van der Waals surface area contributed by atoms with Gasteiger partial charge in [-0.2, -0.15) is 16.8 Å². The van der Waals surface area contributed by atoms with Gasteiger partial charge in [0.25, 0.3) is 20.2 Å². The molecule has 0 aromatic heterocycles. The summed E-state index contributed by atoms with van der Waals surface area (Å²) < 4.78 is 60.3. The molecule has 1 rings (SSSR count). The average molecular weight is 266 g/mol. The van der Waals surface area contributed by atoms with E-state index in [9.17, 15) is 16.8 Å². The highest BCUT2D eigenvalue weighted by Crippen LogP contribution is 2.29. The Balaban J connectivity index is 3.72. The molecule has 2 radical (unpaired) electrons. The summed E-state index contributed by atoms with van der Waals surface area (Å²) in [5.41, 5.74) is 12.8. The predicted octanol–water partition coefficient (Wildman–Crippen LogP) is 0.00880. The lowest BCUT2D eigenvalue weighted by Gasteiger charge is -2.06. The molecule has 0 unspecified atom stereocenters. The van der Waals surface area contributed by atoms with Crippen LogP contribution in [0, 0.1) is 0 Å². The van der Waals surface area contributed by atoms with Crippen LogP contribution < -0.4 is 11.5 Å². The maximum Gasteiger partial charge on any atom is 0.296 e. The van der Waals surface area contributed by atoms with Crippen LogP contribution in [0.5, 0.6) is 0 Å². The molecule has 0 fully saturated rings. The summed E-state index contributed by atoms with van der Waals surface area (Å²) in [4.78, 5) is -1.98. The highest BCUT2D eigenvalue weighted by molar-refractivity contribution is 7.86. The molecule has 1 aromatic rings. The molecule has 0 aliphatic heterocycles. The maximum atomic E-state index is 10.7. The van der Waals surface area contributed by atoms with E-state index >= 15 is 0 Å². The molecule has 0 atom stereocenters. The van der Waals surface area contributed by atoms with Crippen LogP contribution in [0.3, 0.4) is 0 Å². The van der Waals surface area contributed by atoms with Gasteiger partial charge in [0.1, 0.15) is 9.79 Å². The Kier molecular flexibility index (Phi) is 2.85. The largest absolute Gasteiger partial charge is 0.299 e. The van der Waals surface area contributed by atoms with Crippen LogP contribution in [0.4, 0.5) is 11.4 Å². The van der Waals surface area contributed by atoms with Crippen molar-refractivity contribution in [3.8, 4) is 0 Å². The Morgan fingerprint density at radius 2 is 1.12 bits per heavy atom.